The second kappa shape index (κ2) is 6.68. The van der Waals surface area contributed by atoms with Crippen LogP contribution >= 0.6 is 11.6 Å². The van der Waals surface area contributed by atoms with E-state index >= 15 is 0 Å². The topological polar surface area (TPSA) is 47.0 Å². The van der Waals surface area contributed by atoms with Gasteiger partial charge in [0.15, 0.2) is 5.82 Å². The molecule has 1 heterocycles. The van der Waals surface area contributed by atoms with Gasteiger partial charge in [0, 0.05) is 13.2 Å². The second-order valence-corrected chi connectivity index (χ2v) is 5.04. The van der Waals surface area contributed by atoms with Crippen molar-refractivity contribution in [1.82, 2.24) is 9.97 Å². The maximum atomic E-state index is 6.00. The molecule has 0 aliphatic heterocycles. The van der Waals surface area contributed by atoms with Gasteiger partial charge < -0.3 is 10.1 Å². The quantitative estimate of drug-likeness (QED) is 0.852. The van der Waals surface area contributed by atoms with E-state index in [0.717, 1.165) is 0 Å². The van der Waals surface area contributed by atoms with Crippen LogP contribution < -0.4 is 5.32 Å². The number of hydrogen-bond acceptors (Lipinski definition) is 4. The Morgan fingerprint density at radius 1 is 1.30 bits per heavy atom. The number of aromatic nitrogens is 2. The zero-order valence-corrected chi connectivity index (χ0v) is 12.6. The van der Waals surface area contributed by atoms with Crippen molar-refractivity contribution in [1.29, 1.82) is 0 Å². The number of nitrogens with zero attached hydrogens (tertiary/aromatic N) is 2. The van der Waals surface area contributed by atoms with Crippen LogP contribution in [-0.4, -0.2) is 17.1 Å². The Bertz CT molecular complexity index is 589. The number of aryl methyl sites for hydroxylation is 1. The standard InChI is InChI=1S/C15H18ClN3O/c1-10-6-4-5-7-12(10)11(2)17-14-8-13(16)18-15(19-14)9-20-3/h4-8,11H,9H2,1-3H3,(H,17,18,19). The molecule has 1 atom stereocenters. The molecular weight excluding hydrogens is 274 g/mol. The maximum Gasteiger partial charge on any atom is 0.158 e. The molecule has 0 saturated heterocycles. The molecule has 0 aliphatic rings. The number of anilines is 1. The number of hydrogen-bond donors (Lipinski definition) is 1. The van der Waals surface area contributed by atoms with Crippen LogP contribution in [-0.2, 0) is 11.3 Å². The lowest BCUT2D eigenvalue weighted by molar-refractivity contribution is 0.178. The first-order valence-electron chi connectivity index (χ1n) is 6.44. The number of methoxy groups -OCH3 is 1. The van der Waals surface area contributed by atoms with E-state index in [9.17, 15) is 0 Å². The molecular formula is C15H18ClN3O. The van der Waals surface area contributed by atoms with Gasteiger partial charge in [0.2, 0.25) is 0 Å². The Kier molecular flexibility index (Phi) is 4.93. The van der Waals surface area contributed by atoms with Crippen molar-refractivity contribution >= 4 is 17.4 Å². The van der Waals surface area contributed by atoms with E-state index in [0.29, 0.717) is 23.4 Å². The molecule has 20 heavy (non-hydrogen) atoms. The first-order valence-corrected chi connectivity index (χ1v) is 6.82. The molecule has 4 nitrogen and oxygen atoms in total. The Morgan fingerprint density at radius 2 is 2.05 bits per heavy atom. The van der Waals surface area contributed by atoms with E-state index in [-0.39, 0.29) is 6.04 Å². The average molecular weight is 292 g/mol. The van der Waals surface area contributed by atoms with Crippen molar-refractivity contribution in [2.24, 2.45) is 0 Å². The van der Waals surface area contributed by atoms with Crippen molar-refractivity contribution in [3.05, 3.63) is 52.4 Å². The summed E-state index contributed by atoms with van der Waals surface area (Å²) in [4.78, 5) is 8.50. The van der Waals surface area contributed by atoms with Crippen LogP contribution in [0.15, 0.2) is 30.3 Å². The van der Waals surface area contributed by atoms with Crippen molar-refractivity contribution < 1.29 is 4.74 Å². The van der Waals surface area contributed by atoms with E-state index in [1.165, 1.54) is 11.1 Å². The summed E-state index contributed by atoms with van der Waals surface area (Å²) < 4.78 is 5.04. The van der Waals surface area contributed by atoms with Crippen LogP contribution in [0, 0.1) is 6.92 Å². The molecule has 5 heteroatoms. The van der Waals surface area contributed by atoms with Crippen molar-refractivity contribution in [2.75, 3.05) is 12.4 Å². The highest BCUT2D eigenvalue weighted by Crippen LogP contribution is 2.22. The summed E-state index contributed by atoms with van der Waals surface area (Å²) in [6.07, 6.45) is 0. The number of ether oxygens (including phenoxy) is 1. The van der Waals surface area contributed by atoms with Crippen LogP contribution in [0.25, 0.3) is 0 Å². The molecule has 0 radical (unpaired) electrons. The Balaban J connectivity index is 2.19. The number of halogens is 1. The molecule has 1 N–H and O–H groups in total. The molecule has 0 fully saturated rings. The van der Waals surface area contributed by atoms with Crippen LogP contribution in [0.3, 0.4) is 0 Å². The summed E-state index contributed by atoms with van der Waals surface area (Å²) in [5.74, 6) is 1.27. The van der Waals surface area contributed by atoms with Crippen molar-refractivity contribution in [2.45, 2.75) is 26.5 Å². The third kappa shape index (κ3) is 3.68. The molecule has 2 aromatic rings. The van der Waals surface area contributed by atoms with Crippen LogP contribution in [0.1, 0.15) is 29.9 Å². The van der Waals surface area contributed by atoms with Gasteiger partial charge in [0.25, 0.3) is 0 Å². The average Bonchev–Trinajstić information content (AvgIpc) is 2.38. The summed E-state index contributed by atoms with van der Waals surface area (Å²) in [6, 6.07) is 10.1. The molecule has 1 aromatic heterocycles. The summed E-state index contributed by atoms with van der Waals surface area (Å²) >= 11 is 6.00. The SMILES string of the molecule is COCc1nc(Cl)cc(NC(C)c2ccccc2C)n1. The van der Waals surface area contributed by atoms with E-state index in [1.54, 1.807) is 13.2 Å². The summed E-state index contributed by atoms with van der Waals surface area (Å²) in [5, 5.41) is 3.76. The molecule has 1 aromatic carbocycles. The van der Waals surface area contributed by atoms with E-state index in [2.05, 4.69) is 41.3 Å². The zero-order chi connectivity index (χ0) is 14.5. The number of rotatable bonds is 5. The van der Waals surface area contributed by atoms with Crippen molar-refractivity contribution in [3.63, 3.8) is 0 Å². The van der Waals surface area contributed by atoms with Gasteiger partial charge in [0.1, 0.15) is 17.6 Å². The lowest BCUT2D eigenvalue weighted by Gasteiger charge is -2.17. The monoisotopic (exact) mass is 291 g/mol. The van der Waals surface area contributed by atoms with Gasteiger partial charge >= 0.3 is 0 Å². The fourth-order valence-electron chi connectivity index (χ4n) is 2.10. The first-order chi connectivity index (χ1) is 9.60. The molecule has 106 valence electrons. The Labute approximate surface area is 124 Å². The van der Waals surface area contributed by atoms with E-state index < -0.39 is 0 Å². The molecule has 2 rings (SSSR count). The molecule has 1 unspecified atom stereocenters. The van der Waals surface area contributed by atoms with Crippen LogP contribution in [0.5, 0.6) is 0 Å². The van der Waals surface area contributed by atoms with Gasteiger partial charge in [-0.2, -0.15) is 0 Å². The molecule has 0 amide bonds. The van der Waals surface area contributed by atoms with Crippen LogP contribution in [0.2, 0.25) is 5.15 Å². The predicted octanol–water partition coefficient (Wildman–Crippen LogP) is 3.76. The van der Waals surface area contributed by atoms with Gasteiger partial charge in [-0.1, -0.05) is 35.9 Å². The minimum atomic E-state index is 0.137. The smallest absolute Gasteiger partial charge is 0.158 e. The number of nitrogens with one attached hydrogen (secondary N) is 1. The van der Waals surface area contributed by atoms with E-state index in [1.807, 2.05) is 12.1 Å². The van der Waals surface area contributed by atoms with Gasteiger partial charge in [-0.25, -0.2) is 9.97 Å². The molecule has 0 bridgehead atoms. The Morgan fingerprint density at radius 3 is 2.75 bits per heavy atom. The molecule has 0 saturated carbocycles. The predicted molar refractivity (Wildman–Crippen MR) is 81.0 cm³/mol. The largest absolute Gasteiger partial charge is 0.377 e. The van der Waals surface area contributed by atoms with Crippen molar-refractivity contribution in [3.8, 4) is 0 Å². The fourth-order valence-corrected chi connectivity index (χ4v) is 2.31. The van der Waals surface area contributed by atoms with E-state index in [4.69, 9.17) is 16.3 Å². The van der Waals surface area contributed by atoms with Gasteiger partial charge in [-0.05, 0) is 25.0 Å². The Hall–Kier alpha value is -1.65. The normalized spacial score (nSPS) is 12.2. The lowest BCUT2D eigenvalue weighted by Crippen LogP contribution is -2.11. The third-order valence-corrected chi connectivity index (χ3v) is 3.23. The fraction of sp³-hybridized carbons (Fsp3) is 0.333. The third-order valence-electron chi connectivity index (χ3n) is 3.03. The van der Waals surface area contributed by atoms with Gasteiger partial charge in [0.05, 0.1) is 6.04 Å². The minimum Gasteiger partial charge on any atom is -0.377 e. The van der Waals surface area contributed by atoms with Crippen LogP contribution in [0.4, 0.5) is 5.82 Å². The lowest BCUT2D eigenvalue weighted by atomic mass is 10.0. The highest BCUT2D eigenvalue weighted by atomic mass is 35.5. The molecule has 0 spiro atoms. The molecule has 0 aliphatic carbocycles. The first kappa shape index (κ1) is 14.8. The maximum absolute atomic E-state index is 6.00. The summed E-state index contributed by atoms with van der Waals surface area (Å²) in [6.45, 7) is 4.53. The minimum absolute atomic E-state index is 0.137. The highest BCUT2D eigenvalue weighted by Gasteiger charge is 2.10. The number of benzene rings is 1. The zero-order valence-electron chi connectivity index (χ0n) is 11.9. The highest BCUT2D eigenvalue weighted by molar-refractivity contribution is 6.29. The summed E-state index contributed by atoms with van der Waals surface area (Å²) in [7, 11) is 1.60. The van der Waals surface area contributed by atoms with Gasteiger partial charge in [-0.15, -0.1) is 0 Å². The van der Waals surface area contributed by atoms with Gasteiger partial charge in [-0.3, -0.25) is 0 Å². The summed E-state index contributed by atoms with van der Waals surface area (Å²) in [5.41, 5.74) is 2.47. The second-order valence-electron chi connectivity index (χ2n) is 4.65.